The van der Waals surface area contributed by atoms with Crippen LogP contribution in [-0.2, 0) is 0 Å². The molecule has 1 saturated heterocycles. The van der Waals surface area contributed by atoms with Gasteiger partial charge in [0.25, 0.3) is 5.91 Å². The maximum absolute atomic E-state index is 13.4. The fourth-order valence-electron chi connectivity index (χ4n) is 2.55. The van der Waals surface area contributed by atoms with E-state index in [0.717, 1.165) is 38.5 Å². The first kappa shape index (κ1) is 14.8. The van der Waals surface area contributed by atoms with Gasteiger partial charge >= 0.3 is 0 Å². The Balaban J connectivity index is 2.21. The number of carbonyl (C=O) groups excluding carboxylic acids is 1. The lowest BCUT2D eigenvalue weighted by atomic mass is 10.0. The molecule has 0 aromatic carbocycles. The van der Waals surface area contributed by atoms with Crippen LogP contribution in [0.3, 0.4) is 0 Å². The molecule has 20 heavy (non-hydrogen) atoms. The highest BCUT2D eigenvalue weighted by Crippen LogP contribution is 2.21. The fraction of sp³-hybridized carbons (Fsp3) is 0.600. The molecule has 1 aliphatic heterocycles. The summed E-state index contributed by atoms with van der Waals surface area (Å²) in [6, 6.07) is 1.28. The Morgan fingerprint density at radius 2 is 2.30 bits per heavy atom. The Kier molecular flexibility index (Phi) is 4.93. The number of likely N-dealkylation sites (tertiary alicyclic amines) is 1. The standard InChI is InChI=1S/C15H22FN3O/c1-3-17-14-13(9-12(16)10-18-14)15(20)19-7-4-5-11(2)6-8-19/h9-11H,3-8H2,1-2H3,(H,17,18). The molecule has 0 radical (unpaired) electrons. The molecule has 1 aromatic heterocycles. The number of nitrogens with zero attached hydrogens (tertiary/aromatic N) is 2. The van der Waals surface area contributed by atoms with Gasteiger partial charge in [0.15, 0.2) is 0 Å². The molecule has 5 heteroatoms. The molecule has 1 amide bonds. The van der Waals surface area contributed by atoms with E-state index in [9.17, 15) is 9.18 Å². The number of rotatable bonds is 3. The Hall–Kier alpha value is -1.65. The molecule has 110 valence electrons. The number of carbonyl (C=O) groups is 1. The highest BCUT2D eigenvalue weighted by molar-refractivity contribution is 5.98. The van der Waals surface area contributed by atoms with E-state index in [4.69, 9.17) is 0 Å². The van der Waals surface area contributed by atoms with Crippen LogP contribution in [0.2, 0.25) is 0 Å². The minimum Gasteiger partial charge on any atom is -0.370 e. The van der Waals surface area contributed by atoms with Crippen LogP contribution in [-0.4, -0.2) is 35.4 Å². The van der Waals surface area contributed by atoms with E-state index in [0.29, 0.717) is 23.8 Å². The van der Waals surface area contributed by atoms with Gasteiger partial charge in [0.2, 0.25) is 0 Å². The summed E-state index contributed by atoms with van der Waals surface area (Å²) in [6.45, 7) is 6.26. The summed E-state index contributed by atoms with van der Waals surface area (Å²) in [5, 5.41) is 3.02. The van der Waals surface area contributed by atoms with Crippen LogP contribution in [0, 0.1) is 11.7 Å². The molecule has 1 unspecified atom stereocenters. The Labute approximate surface area is 119 Å². The maximum atomic E-state index is 13.4. The smallest absolute Gasteiger partial charge is 0.257 e. The average Bonchev–Trinajstić information content (AvgIpc) is 2.65. The summed E-state index contributed by atoms with van der Waals surface area (Å²) in [7, 11) is 0. The zero-order valence-corrected chi connectivity index (χ0v) is 12.2. The van der Waals surface area contributed by atoms with E-state index < -0.39 is 5.82 Å². The Bertz CT molecular complexity index is 478. The van der Waals surface area contributed by atoms with Gasteiger partial charge in [0, 0.05) is 19.6 Å². The van der Waals surface area contributed by atoms with E-state index in [1.54, 1.807) is 0 Å². The van der Waals surface area contributed by atoms with Crippen molar-refractivity contribution in [2.45, 2.75) is 33.1 Å². The molecule has 0 saturated carbocycles. The third kappa shape index (κ3) is 3.46. The SMILES string of the molecule is CCNc1ncc(F)cc1C(=O)N1CCCC(C)CC1. The molecule has 1 N–H and O–H groups in total. The van der Waals surface area contributed by atoms with Crippen LogP contribution in [0.5, 0.6) is 0 Å². The lowest BCUT2D eigenvalue weighted by Crippen LogP contribution is -2.32. The lowest BCUT2D eigenvalue weighted by molar-refractivity contribution is 0.0760. The van der Waals surface area contributed by atoms with Gasteiger partial charge in [-0.1, -0.05) is 6.92 Å². The number of anilines is 1. The van der Waals surface area contributed by atoms with Crippen molar-refractivity contribution in [3.05, 3.63) is 23.6 Å². The molecule has 4 nitrogen and oxygen atoms in total. The van der Waals surface area contributed by atoms with Crippen molar-refractivity contribution < 1.29 is 9.18 Å². The molecule has 2 rings (SSSR count). The molecule has 1 aromatic rings. The average molecular weight is 279 g/mol. The topological polar surface area (TPSA) is 45.2 Å². The summed E-state index contributed by atoms with van der Waals surface area (Å²) < 4.78 is 13.4. The summed E-state index contributed by atoms with van der Waals surface area (Å²) >= 11 is 0. The van der Waals surface area contributed by atoms with Crippen LogP contribution in [0.4, 0.5) is 10.2 Å². The van der Waals surface area contributed by atoms with Crippen LogP contribution in [0.15, 0.2) is 12.3 Å². The van der Waals surface area contributed by atoms with Crippen LogP contribution >= 0.6 is 0 Å². The van der Waals surface area contributed by atoms with E-state index >= 15 is 0 Å². The predicted octanol–water partition coefficient (Wildman–Crippen LogP) is 2.91. The van der Waals surface area contributed by atoms with Crippen molar-refractivity contribution in [2.24, 2.45) is 5.92 Å². The molecule has 1 atom stereocenters. The number of amides is 1. The molecule has 1 fully saturated rings. The van der Waals surface area contributed by atoms with Crippen LogP contribution < -0.4 is 5.32 Å². The van der Waals surface area contributed by atoms with Gasteiger partial charge in [-0.25, -0.2) is 9.37 Å². The minimum atomic E-state index is -0.474. The van der Waals surface area contributed by atoms with Crippen molar-refractivity contribution in [2.75, 3.05) is 25.0 Å². The Morgan fingerprint density at radius 3 is 3.05 bits per heavy atom. The van der Waals surface area contributed by atoms with E-state index in [2.05, 4.69) is 17.2 Å². The molecule has 0 aliphatic carbocycles. The normalized spacial score (nSPS) is 19.6. The second-order valence-corrected chi connectivity index (χ2v) is 5.41. The lowest BCUT2D eigenvalue weighted by Gasteiger charge is -2.21. The number of hydrogen-bond acceptors (Lipinski definition) is 3. The summed E-state index contributed by atoms with van der Waals surface area (Å²) in [5.74, 6) is 0.517. The maximum Gasteiger partial charge on any atom is 0.257 e. The van der Waals surface area contributed by atoms with Crippen molar-refractivity contribution in [1.82, 2.24) is 9.88 Å². The molecular weight excluding hydrogens is 257 g/mol. The molecule has 1 aliphatic rings. The van der Waals surface area contributed by atoms with Crippen molar-refractivity contribution >= 4 is 11.7 Å². The third-order valence-corrected chi connectivity index (χ3v) is 3.73. The number of halogens is 1. The van der Waals surface area contributed by atoms with E-state index in [-0.39, 0.29) is 5.91 Å². The van der Waals surface area contributed by atoms with Crippen LogP contribution in [0.1, 0.15) is 43.5 Å². The number of hydrogen-bond donors (Lipinski definition) is 1. The zero-order chi connectivity index (χ0) is 14.5. The Morgan fingerprint density at radius 1 is 1.50 bits per heavy atom. The van der Waals surface area contributed by atoms with Gasteiger partial charge in [0.1, 0.15) is 11.6 Å². The first-order chi connectivity index (χ1) is 9.61. The van der Waals surface area contributed by atoms with E-state index in [1.165, 1.54) is 6.07 Å². The fourth-order valence-corrected chi connectivity index (χ4v) is 2.55. The minimum absolute atomic E-state index is 0.123. The molecule has 2 heterocycles. The van der Waals surface area contributed by atoms with Crippen molar-refractivity contribution in [3.63, 3.8) is 0 Å². The monoisotopic (exact) mass is 279 g/mol. The van der Waals surface area contributed by atoms with Gasteiger partial charge in [-0.15, -0.1) is 0 Å². The first-order valence-corrected chi connectivity index (χ1v) is 7.30. The second-order valence-electron chi connectivity index (χ2n) is 5.41. The van der Waals surface area contributed by atoms with Crippen molar-refractivity contribution in [1.29, 1.82) is 0 Å². The van der Waals surface area contributed by atoms with Gasteiger partial charge in [-0.3, -0.25) is 4.79 Å². The zero-order valence-electron chi connectivity index (χ0n) is 12.2. The number of nitrogens with one attached hydrogen (secondary N) is 1. The molecule has 0 bridgehead atoms. The third-order valence-electron chi connectivity index (χ3n) is 3.73. The van der Waals surface area contributed by atoms with Crippen molar-refractivity contribution in [3.8, 4) is 0 Å². The highest BCUT2D eigenvalue weighted by atomic mass is 19.1. The van der Waals surface area contributed by atoms with Gasteiger partial charge in [0.05, 0.1) is 11.8 Å². The summed E-state index contributed by atoms with van der Waals surface area (Å²) in [5.41, 5.74) is 0.335. The highest BCUT2D eigenvalue weighted by Gasteiger charge is 2.22. The second kappa shape index (κ2) is 6.68. The largest absolute Gasteiger partial charge is 0.370 e. The van der Waals surface area contributed by atoms with Crippen LogP contribution in [0.25, 0.3) is 0 Å². The van der Waals surface area contributed by atoms with E-state index in [1.807, 2.05) is 11.8 Å². The quantitative estimate of drug-likeness (QED) is 0.925. The van der Waals surface area contributed by atoms with Gasteiger partial charge < -0.3 is 10.2 Å². The van der Waals surface area contributed by atoms with Gasteiger partial charge in [-0.05, 0) is 38.2 Å². The number of pyridine rings is 1. The molecular formula is C15H22FN3O. The predicted molar refractivity (Wildman–Crippen MR) is 77.3 cm³/mol. The first-order valence-electron chi connectivity index (χ1n) is 7.30. The van der Waals surface area contributed by atoms with Gasteiger partial charge in [-0.2, -0.15) is 0 Å². The number of aromatic nitrogens is 1. The molecule has 0 spiro atoms. The summed E-state index contributed by atoms with van der Waals surface area (Å²) in [6.07, 6.45) is 4.29. The summed E-state index contributed by atoms with van der Waals surface area (Å²) in [4.78, 5) is 18.4.